The first-order valence-electron chi connectivity index (χ1n) is 8.54. The predicted octanol–water partition coefficient (Wildman–Crippen LogP) is 2.02. The van der Waals surface area contributed by atoms with Gasteiger partial charge < -0.3 is 10.7 Å². The standard InChI is InChI=1S/C18H17N7O/c19-15-14-17(25(18(26)20-14)9-10-4-2-1-3-5-10)22-16(21-15)13-8-12(23-24-13)11-6-7-11/h1-5,8,11H,6-7,9H2,(H,20,26)(H,23,24)(H2,19,21,22). The van der Waals surface area contributed by atoms with Crippen LogP contribution in [0.5, 0.6) is 0 Å². The molecule has 0 aliphatic heterocycles. The number of hydrogen-bond acceptors (Lipinski definition) is 5. The molecular weight excluding hydrogens is 330 g/mol. The summed E-state index contributed by atoms with van der Waals surface area (Å²) >= 11 is 0. The first-order valence-corrected chi connectivity index (χ1v) is 8.54. The third-order valence-corrected chi connectivity index (χ3v) is 4.68. The second kappa shape index (κ2) is 5.55. The van der Waals surface area contributed by atoms with Crippen molar-refractivity contribution in [2.24, 2.45) is 0 Å². The molecule has 1 fully saturated rings. The Kier molecular flexibility index (Phi) is 3.18. The van der Waals surface area contributed by atoms with E-state index in [2.05, 4.69) is 25.1 Å². The van der Waals surface area contributed by atoms with Crippen molar-refractivity contribution in [3.8, 4) is 11.5 Å². The van der Waals surface area contributed by atoms with Crippen molar-refractivity contribution in [1.29, 1.82) is 0 Å². The van der Waals surface area contributed by atoms with Crippen molar-refractivity contribution < 1.29 is 0 Å². The fourth-order valence-electron chi connectivity index (χ4n) is 3.13. The molecular formula is C18H17N7O. The van der Waals surface area contributed by atoms with E-state index in [0.717, 1.165) is 11.3 Å². The van der Waals surface area contributed by atoms with Crippen LogP contribution >= 0.6 is 0 Å². The van der Waals surface area contributed by atoms with Gasteiger partial charge in [-0.15, -0.1) is 0 Å². The molecule has 26 heavy (non-hydrogen) atoms. The number of nitrogens with one attached hydrogen (secondary N) is 2. The van der Waals surface area contributed by atoms with Gasteiger partial charge in [0.25, 0.3) is 0 Å². The highest BCUT2D eigenvalue weighted by molar-refractivity contribution is 5.83. The van der Waals surface area contributed by atoms with Gasteiger partial charge in [-0.2, -0.15) is 5.10 Å². The molecule has 0 amide bonds. The Bertz CT molecular complexity index is 1150. The molecule has 4 aromatic rings. The molecule has 3 heterocycles. The van der Waals surface area contributed by atoms with E-state index >= 15 is 0 Å². The number of nitrogen functional groups attached to an aromatic ring is 1. The molecule has 0 unspecified atom stereocenters. The van der Waals surface area contributed by atoms with Gasteiger partial charge in [0.2, 0.25) is 0 Å². The Labute approximate surface area is 148 Å². The molecule has 1 saturated carbocycles. The van der Waals surface area contributed by atoms with Crippen LogP contribution in [0.15, 0.2) is 41.2 Å². The maximum atomic E-state index is 12.4. The van der Waals surface area contributed by atoms with Crippen LogP contribution in [0, 0.1) is 0 Å². The summed E-state index contributed by atoms with van der Waals surface area (Å²) in [4.78, 5) is 24.1. The van der Waals surface area contributed by atoms with Crippen molar-refractivity contribution in [2.75, 3.05) is 5.73 Å². The van der Waals surface area contributed by atoms with Crippen LogP contribution in [0.25, 0.3) is 22.7 Å². The van der Waals surface area contributed by atoms with E-state index in [0.29, 0.717) is 35.1 Å². The fourth-order valence-corrected chi connectivity index (χ4v) is 3.13. The lowest BCUT2D eigenvalue weighted by Gasteiger charge is -2.04. The maximum Gasteiger partial charge on any atom is 0.328 e. The highest BCUT2D eigenvalue weighted by Crippen LogP contribution is 2.39. The van der Waals surface area contributed by atoms with Crippen LogP contribution in [0.3, 0.4) is 0 Å². The molecule has 4 N–H and O–H groups in total. The van der Waals surface area contributed by atoms with Crippen LogP contribution < -0.4 is 11.4 Å². The summed E-state index contributed by atoms with van der Waals surface area (Å²) in [6, 6.07) is 11.7. The molecule has 0 radical (unpaired) electrons. The average molecular weight is 347 g/mol. The normalized spacial score (nSPS) is 14.2. The third kappa shape index (κ3) is 2.46. The van der Waals surface area contributed by atoms with Crippen molar-refractivity contribution in [1.82, 2.24) is 29.7 Å². The number of hydrogen-bond donors (Lipinski definition) is 3. The summed E-state index contributed by atoms with van der Waals surface area (Å²) in [7, 11) is 0. The Balaban J connectivity index is 1.62. The lowest BCUT2D eigenvalue weighted by molar-refractivity contribution is 0.777. The van der Waals surface area contributed by atoms with Gasteiger partial charge >= 0.3 is 5.69 Å². The van der Waals surface area contributed by atoms with Gasteiger partial charge in [0.1, 0.15) is 11.2 Å². The lowest BCUT2D eigenvalue weighted by atomic mass is 10.2. The minimum Gasteiger partial charge on any atom is -0.382 e. The number of imidazole rings is 1. The van der Waals surface area contributed by atoms with Gasteiger partial charge in [-0.25, -0.2) is 14.8 Å². The van der Waals surface area contributed by atoms with E-state index in [1.165, 1.54) is 12.8 Å². The minimum absolute atomic E-state index is 0.241. The number of H-pyrrole nitrogens is 2. The summed E-state index contributed by atoms with van der Waals surface area (Å²) in [6.45, 7) is 0.406. The summed E-state index contributed by atoms with van der Waals surface area (Å²) in [5.74, 6) is 1.21. The summed E-state index contributed by atoms with van der Waals surface area (Å²) < 4.78 is 1.57. The van der Waals surface area contributed by atoms with E-state index < -0.39 is 0 Å². The highest BCUT2D eigenvalue weighted by Gasteiger charge is 2.26. The van der Waals surface area contributed by atoms with E-state index in [1.807, 2.05) is 36.4 Å². The average Bonchev–Trinajstić information content (AvgIpc) is 3.30. The van der Waals surface area contributed by atoms with E-state index in [9.17, 15) is 4.79 Å². The van der Waals surface area contributed by atoms with E-state index in [1.54, 1.807) is 4.57 Å². The van der Waals surface area contributed by atoms with Gasteiger partial charge in [0.15, 0.2) is 17.3 Å². The maximum absolute atomic E-state index is 12.4. The smallest absolute Gasteiger partial charge is 0.328 e. The molecule has 0 saturated heterocycles. The number of nitrogens with two attached hydrogens (primary N) is 1. The summed E-state index contributed by atoms with van der Waals surface area (Å²) in [5.41, 5.74) is 9.49. The van der Waals surface area contributed by atoms with Crippen LogP contribution in [-0.4, -0.2) is 29.7 Å². The molecule has 3 aromatic heterocycles. The molecule has 1 aromatic carbocycles. The number of anilines is 1. The van der Waals surface area contributed by atoms with Gasteiger partial charge in [-0.05, 0) is 24.5 Å². The SMILES string of the molecule is Nc1nc(-c2cc(C3CC3)[nH]n2)nc2c1[nH]c(=O)n2Cc1ccccc1. The van der Waals surface area contributed by atoms with E-state index in [4.69, 9.17) is 5.73 Å². The zero-order valence-electron chi connectivity index (χ0n) is 13.9. The quantitative estimate of drug-likeness (QED) is 0.522. The van der Waals surface area contributed by atoms with Gasteiger partial charge in [-0.3, -0.25) is 9.67 Å². The van der Waals surface area contributed by atoms with Crippen molar-refractivity contribution in [3.05, 3.63) is 58.1 Å². The van der Waals surface area contributed by atoms with Crippen LogP contribution in [-0.2, 0) is 6.54 Å². The largest absolute Gasteiger partial charge is 0.382 e. The molecule has 0 atom stereocenters. The number of aromatic amines is 2. The third-order valence-electron chi connectivity index (χ3n) is 4.68. The van der Waals surface area contributed by atoms with E-state index in [-0.39, 0.29) is 11.5 Å². The number of nitrogens with zero attached hydrogens (tertiary/aromatic N) is 4. The number of rotatable bonds is 4. The Morgan fingerprint density at radius 3 is 2.77 bits per heavy atom. The second-order valence-electron chi connectivity index (χ2n) is 6.62. The van der Waals surface area contributed by atoms with Gasteiger partial charge in [-0.1, -0.05) is 30.3 Å². The second-order valence-corrected chi connectivity index (χ2v) is 6.62. The summed E-state index contributed by atoms with van der Waals surface area (Å²) in [5, 5.41) is 7.36. The van der Waals surface area contributed by atoms with Crippen molar-refractivity contribution in [2.45, 2.75) is 25.3 Å². The molecule has 0 bridgehead atoms. The Morgan fingerprint density at radius 1 is 1.19 bits per heavy atom. The Morgan fingerprint density at radius 2 is 2.00 bits per heavy atom. The van der Waals surface area contributed by atoms with Crippen LogP contribution in [0.2, 0.25) is 0 Å². The first kappa shape index (κ1) is 14.9. The molecule has 8 nitrogen and oxygen atoms in total. The lowest BCUT2D eigenvalue weighted by Crippen LogP contribution is -2.17. The Hall–Kier alpha value is -3.42. The number of fused-ring (bicyclic) bond motifs is 1. The predicted molar refractivity (Wildman–Crippen MR) is 97.7 cm³/mol. The fraction of sp³-hybridized carbons (Fsp3) is 0.222. The first-order chi connectivity index (χ1) is 12.7. The van der Waals surface area contributed by atoms with Gasteiger partial charge in [0, 0.05) is 11.6 Å². The minimum atomic E-state index is -0.261. The molecule has 1 aliphatic rings. The van der Waals surface area contributed by atoms with Crippen molar-refractivity contribution in [3.63, 3.8) is 0 Å². The molecule has 1 aliphatic carbocycles. The number of benzene rings is 1. The van der Waals surface area contributed by atoms with Gasteiger partial charge in [0.05, 0.1) is 6.54 Å². The highest BCUT2D eigenvalue weighted by atomic mass is 16.1. The zero-order valence-corrected chi connectivity index (χ0v) is 13.9. The molecule has 0 spiro atoms. The van der Waals surface area contributed by atoms with Crippen LogP contribution in [0.4, 0.5) is 5.82 Å². The molecule has 5 rings (SSSR count). The monoisotopic (exact) mass is 347 g/mol. The molecule has 8 heteroatoms. The number of aromatic nitrogens is 6. The van der Waals surface area contributed by atoms with Crippen molar-refractivity contribution >= 4 is 17.0 Å². The zero-order chi connectivity index (χ0) is 17.7. The topological polar surface area (TPSA) is 118 Å². The summed E-state index contributed by atoms with van der Waals surface area (Å²) in [6.07, 6.45) is 2.36. The van der Waals surface area contributed by atoms with Crippen LogP contribution in [0.1, 0.15) is 30.0 Å². The molecule has 130 valence electrons.